The molecule has 2 aromatic rings. The van der Waals surface area contributed by atoms with Crippen molar-refractivity contribution in [2.75, 3.05) is 0 Å². The molecule has 6 heteroatoms. The Morgan fingerprint density at radius 2 is 1.82 bits per heavy atom. The van der Waals surface area contributed by atoms with Gasteiger partial charge in [-0.2, -0.15) is 0 Å². The summed E-state index contributed by atoms with van der Waals surface area (Å²) in [7, 11) is 0. The van der Waals surface area contributed by atoms with Crippen LogP contribution in [0.2, 0.25) is 5.15 Å². The number of benzene rings is 1. The van der Waals surface area contributed by atoms with Crippen molar-refractivity contribution in [2.45, 2.75) is 26.3 Å². The summed E-state index contributed by atoms with van der Waals surface area (Å²) in [6, 6.07) is 6.66. The van der Waals surface area contributed by atoms with Crippen LogP contribution in [0.4, 0.5) is 8.78 Å². The fraction of sp³-hybridized carbons (Fsp3) is 0.250. The van der Waals surface area contributed by atoms with Gasteiger partial charge >= 0.3 is 0 Å². The second kappa shape index (κ2) is 6.01. The van der Waals surface area contributed by atoms with Crippen LogP contribution in [0.3, 0.4) is 0 Å². The van der Waals surface area contributed by atoms with E-state index in [1.807, 2.05) is 0 Å². The molecule has 0 atom stereocenters. The lowest BCUT2D eigenvalue weighted by molar-refractivity contribution is -0.120. The Bertz CT molecular complexity index is 715. The summed E-state index contributed by atoms with van der Waals surface area (Å²) in [4.78, 5) is 15.3. The van der Waals surface area contributed by atoms with Crippen molar-refractivity contribution in [3.05, 3.63) is 52.7 Å². The van der Waals surface area contributed by atoms with Gasteiger partial charge in [-0.15, -0.1) is 0 Å². The highest BCUT2D eigenvalue weighted by atomic mass is 35.5. The van der Waals surface area contributed by atoms with Crippen LogP contribution in [0.1, 0.15) is 26.3 Å². The molecule has 1 aromatic heterocycles. The fourth-order valence-corrected chi connectivity index (χ4v) is 2.45. The van der Waals surface area contributed by atoms with Crippen LogP contribution in [-0.4, -0.2) is 10.9 Å². The zero-order valence-corrected chi connectivity index (χ0v) is 13.1. The van der Waals surface area contributed by atoms with Gasteiger partial charge in [-0.25, -0.2) is 13.8 Å². The molecule has 1 amide bonds. The molecule has 0 bridgehead atoms. The molecule has 1 aromatic carbocycles. The van der Waals surface area contributed by atoms with E-state index < -0.39 is 17.2 Å². The van der Waals surface area contributed by atoms with Gasteiger partial charge in [-0.3, -0.25) is 4.79 Å². The Labute approximate surface area is 132 Å². The maximum Gasteiger partial charge on any atom is 0.217 e. The van der Waals surface area contributed by atoms with Crippen LogP contribution in [0.25, 0.3) is 11.3 Å². The minimum Gasteiger partial charge on any atom is -0.347 e. The molecule has 1 N–H and O–H groups in total. The van der Waals surface area contributed by atoms with Gasteiger partial charge in [0.05, 0.1) is 5.54 Å². The third-order valence-electron chi connectivity index (χ3n) is 3.21. The van der Waals surface area contributed by atoms with Crippen LogP contribution in [0, 0.1) is 11.6 Å². The number of hydrogen-bond donors (Lipinski definition) is 1. The van der Waals surface area contributed by atoms with Crippen LogP contribution in [0.5, 0.6) is 0 Å². The van der Waals surface area contributed by atoms with E-state index in [4.69, 9.17) is 11.6 Å². The zero-order valence-electron chi connectivity index (χ0n) is 12.4. The van der Waals surface area contributed by atoms with Gasteiger partial charge in [0.25, 0.3) is 0 Å². The molecule has 0 fully saturated rings. The quantitative estimate of drug-likeness (QED) is 0.865. The summed E-state index contributed by atoms with van der Waals surface area (Å²) in [5.41, 5.74) is -0.332. The summed E-state index contributed by atoms with van der Waals surface area (Å²) in [6.07, 6.45) is 0. The normalized spacial score (nSPS) is 11.4. The highest BCUT2D eigenvalue weighted by Crippen LogP contribution is 2.31. The third kappa shape index (κ3) is 3.42. The van der Waals surface area contributed by atoms with E-state index in [2.05, 4.69) is 10.3 Å². The molecule has 0 aliphatic carbocycles. The summed E-state index contributed by atoms with van der Waals surface area (Å²) < 4.78 is 27.8. The molecule has 116 valence electrons. The first-order chi connectivity index (χ1) is 10.2. The van der Waals surface area contributed by atoms with Crippen LogP contribution in [-0.2, 0) is 10.3 Å². The van der Waals surface area contributed by atoms with Crippen molar-refractivity contribution in [3.8, 4) is 11.3 Å². The fourth-order valence-electron chi connectivity index (χ4n) is 2.26. The molecule has 1 heterocycles. The summed E-state index contributed by atoms with van der Waals surface area (Å²) in [5, 5.41) is 2.76. The minimum absolute atomic E-state index is 0.0147. The van der Waals surface area contributed by atoms with Crippen molar-refractivity contribution in [2.24, 2.45) is 0 Å². The Morgan fingerprint density at radius 1 is 1.23 bits per heavy atom. The highest BCUT2D eigenvalue weighted by Gasteiger charge is 2.28. The lowest BCUT2D eigenvalue weighted by atomic mass is 9.92. The molecular formula is C16H15ClF2N2O. The van der Waals surface area contributed by atoms with Crippen molar-refractivity contribution in [1.82, 2.24) is 10.3 Å². The predicted molar refractivity (Wildman–Crippen MR) is 81.4 cm³/mol. The monoisotopic (exact) mass is 324 g/mol. The van der Waals surface area contributed by atoms with Crippen molar-refractivity contribution >= 4 is 17.5 Å². The van der Waals surface area contributed by atoms with Crippen LogP contribution < -0.4 is 5.32 Å². The predicted octanol–water partition coefficient (Wildman–Crippen LogP) is 4.05. The SMILES string of the molecule is CC(=O)NC(C)(C)c1cc(Cl)nc(-c2ccc(F)cc2)c1F. The molecular weight excluding hydrogens is 310 g/mol. The Hall–Kier alpha value is -2.01. The van der Waals surface area contributed by atoms with Gasteiger partial charge in [0.15, 0.2) is 5.82 Å². The number of rotatable bonds is 3. The van der Waals surface area contributed by atoms with Crippen LogP contribution in [0.15, 0.2) is 30.3 Å². The van der Waals surface area contributed by atoms with E-state index >= 15 is 0 Å². The van der Waals surface area contributed by atoms with Crippen molar-refractivity contribution in [1.29, 1.82) is 0 Å². The lowest BCUT2D eigenvalue weighted by Gasteiger charge is -2.27. The van der Waals surface area contributed by atoms with E-state index in [9.17, 15) is 13.6 Å². The average molecular weight is 325 g/mol. The molecule has 0 spiro atoms. The molecule has 2 rings (SSSR count). The number of amides is 1. The molecule has 0 saturated heterocycles. The minimum atomic E-state index is -0.961. The van der Waals surface area contributed by atoms with Gasteiger partial charge in [0.2, 0.25) is 5.91 Å². The second-order valence-corrected chi connectivity index (χ2v) is 5.86. The van der Waals surface area contributed by atoms with Crippen molar-refractivity contribution in [3.63, 3.8) is 0 Å². The number of carbonyl (C=O) groups excluding carboxylic acids is 1. The van der Waals surface area contributed by atoms with Crippen LogP contribution >= 0.6 is 11.6 Å². The third-order valence-corrected chi connectivity index (χ3v) is 3.40. The van der Waals surface area contributed by atoms with Gasteiger partial charge in [0.1, 0.15) is 16.7 Å². The van der Waals surface area contributed by atoms with Crippen molar-refractivity contribution < 1.29 is 13.6 Å². The van der Waals surface area contributed by atoms with Gasteiger partial charge in [0, 0.05) is 18.1 Å². The maximum atomic E-state index is 14.8. The topological polar surface area (TPSA) is 42.0 Å². The molecule has 0 aliphatic rings. The number of nitrogens with zero attached hydrogens (tertiary/aromatic N) is 1. The van der Waals surface area contributed by atoms with Gasteiger partial charge in [-0.05, 0) is 44.2 Å². The Kier molecular flexibility index (Phi) is 4.47. The number of halogens is 3. The highest BCUT2D eigenvalue weighted by molar-refractivity contribution is 6.29. The number of aromatic nitrogens is 1. The number of pyridine rings is 1. The van der Waals surface area contributed by atoms with E-state index in [1.165, 1.54) is 37.3 Å². The maximum absolute atomic E-state index is 14.8. The average Bonchev–Trinajstić information content (AvgIpc) is 2.40. The van der Waals surface area contributed by atoms with E-state index in [-0.39, 0.29) is 22.3 Å². The molecule has 0 aliphatic heterocycles. The summed E-state index contributed by atoms with van der Waals surface area (Å²) in [5.74, 6) is -1.32. The second-order valence-electron chi connectivity index (χ2n) is 5.47. The first-order valence-electron chi connectivity index (χ1n) is 6.62. The van der Waals surface area contributed by atoms with E-state index in [1.54, 1.807) is 13.8 Å². The van der Waals surface area contributed by atoms with Gasteiger partial charge in [-0.1, -0.05) is 11.6 Å². The first kappa shape index (κ1) is 16.4. The number of hydrogen-bond acceptors (Lipinski definition) is 2. The molecule has 22 heavy (non-hydrogen) atoms. The summed E-state index contributed by atoms with van der Waals surface area (Å²) >= 11 is 5.98. The zero-order chi connectivity index (χ0) is 16.5. The standard InChI is InChI=1S/C16H15ClF2N2O/c1-9(22)21-16(2,3)12-8-13(17)20-15(14(12)19)10-4-6-11(18)7-5-10/h4-8H,1-3H3,(H,21,22). The lowest BCUT2D eigenvalue weighted by Crippen LogP contribution is -2.40. The number of nitrogens with one attached hydrogen (secondary N) is 1. The van der Waals surface area contributed by atoms with E-state index in [0.29, 0.717) is 5.56 Å². The van der Waals surface area contributed by atoms with E-state index in [0.717, 1.165) is 0 Å². The Morgan fingerprint density at radius 3 is 2.36 bits per heavy atom. The Balaban J connectivity index is 2.59. The molecule has 0 unspecified atom stereocenters. The number of carbonyl (C=O) groups is 1. The molecule has 0 saturated carbocycles. The molecule has 0 radical (unpaired) electrons. The largest absolute Gasteiger partial charge is 0.347 e. The first-order valence-corrected chi connectivity index (χ1v) is 6.99. The summed E-state index contributed by atoms with van der Waals surface area (Å²) in [6.45, 7) is 4.68. The molecule has 3 nitrogen and oxygen atoms in total. The van der Waals surface area contributed by atoms with Gasteiger partial charge < -0.3 is 5.32 Å². The smallest absolute Gasteiger partial charge is 0.217 e.